The van der Waals surface area contributed by atoms with Crippen molar-refractivity contribution in [1.29, 1.82) is 0 Å². The molecular formula is C20H20N2O3S. The van der Waals surface area contributed by atoms with Crippen molar-refractivity contribution in [1.82, 2.24) is 4.83 Å². The molecule has 0 radical (unpaired) electrons. The van der Waals surface area contributed by atoms with Crippen LogP contribution in [-0.2, 0) is 10.0 Å². The largest absolute Gasteiger partial charge is 0.494 e. The van der Waals surface area contributed by atoms with E-state index in [2.05, 4.69) is 9.93 Å². The zero-order chi connectivity index (χ0) is 18.6. The Morgan fingerprint density at radius 1 is 1.00 bits per heavy atom. The van der Waals surface area contributed by atoms with Gasteiger partial charge in [-0.2, -0.15) is 18.4 Å². The van der Waals surface area contributed by atoms with Crippen LogP contribution in [0.1, 0.15) is 19.4 Å². The predicted molar refractivity (Wildman–Crippen MR) is 104 cm³/mol. The van der Waals surface area contributed by atoms with Crippen LogP contribution in [-0.4, -0.2) is 20.7 Å². The van der Waals surface area contributed by atoms with Crippen LogP contribution in [0.5, 0.6) is 5.75 Å². The lowest BCUT2D eigenvalue weighted by molar-refractivity contribution is 0.340. The van der Waals surface area contributed by atoms with Gasteiger partial charge in [-0.15, -0.1) is 0 Å². The monoisotopic (exact) mass is 368 g/mol. The summed E-state index contributed by atoms with van der Waals surface area (Å²) in [5.74, 6) is 0.627. The van der Waals surface area contributed by atoms with Crippen molar-refractivity contribution in [2.75, 3.05) is 6.61 Å². The Labute approximate surface area is 153 Å². The highest BCUT2D eigenvalue weighted by Gasteiger charge is 2.13. The first kappa shape index (κ1) is 17.9. The van der Waals surface area contributed by atoms with Crippen LogP contribution in [0.25, 0.3) is 10.8 Å². The van der Waals surface area contributed by atoms with Crippen LogP contribution in [0.4, 0.5) is 0 Å². The molecule has 26 heavy (non-hydrogen) atoms. The molecule has 0 bridgehead atoms. The first-order chi connectivity index (χ1) is 12.5. The van der Waals surface area contributed by atoms with Gasteiger partial charge in [0.2, 0.25) is 0 Å². The van der Waals surface area contributed by atoms with Crippen molar-refractivity contribution >= 4 is 26.5 Å². The Morgan fingerprint density at radius 3 is 2.38 bits per heavy atom. The van der Waals surface area contributed by atoms with Crippen molar-refractivity contribution in [3.05, 3.63) is 72.3 Å². The molecule has 0 aliphatic heterocycles. The molecule has 0 aromatic heterocycles. The summed E-state index contributed by atoms with van der Waals surface area (Å²) in [4.78, 5) is 2.43. The molecule has 134 valence electrons. The van der Waals surface area contributed by atoms with Crippen molar-refractivity contribution < 1.29 is 13.2 Å². The maximum Gasteiger partial charge on any atom is 0.276 e. The second-order valence-corrected chi connectivity index (χ2v) is 7.42. The van der Waals surface area contributed by atoms with Gasteiger partial charge in [0.15, 0.2) is 0 Å². The molecule has 0 unspecified atom stereocenters. The fourth-order valence-electron chi connectivity index (χ4n) is 2.54. The third-order valence-electron chi connectivity index (χ3n) is 3.95. The summed E-state index contributed by atoms with van der Waals surface area (Å²) in [7, 11) is -3.73. The fraction of sp³-hybridized carbons (Fsp3) is 0.150. The van der Waals surface area contributed by atoms with Crippen LogP contribution in [0, 0.1) is 0 Å². The normalized spacial score (nSPS) is 12.2. The zero-order valence-electron chi connectivity index (χ0n) is 14.6. The van der Waals surface area contributed by atoms with Gasteiger partial charge >= 0.3 is 0 Å². The highest BCUT2D eigenvalue weighted by molar-refractivity contribution is 7.89. The highest BCUT2D eigenvalue weighted by atomic mass is 32.2. The van der Waals surface area contributed by atoms with Gasteiger partial charge in [-0.05, 0) is 60.5 Å². The summed E-state index contributed by atoms with van der Waals surface area (Å²) in [6.45, 7) is 4.17. The molecular weight excluding hydrogens is 348 g/mol. The molecule has 0 saturated carbocycles. The summed E-state index contributed by atoms with van der Waals surface area (Å²) in [5, 5.41) is 6.26. The number of ether oxygens (including phenoxy) is 1. The van der Waals surface area contributed by atoms with Gasteiger partial charge in [0.1, 0.15) is 5.75 Å². The Kier molecular flexibility index (Phi) is 5.23. The molecule has 0 aliphatic rings. The van der Waals surface area contributed by atoms with Crippen molar-refractivity contribution in [2.45, 2.75) is 18.7 Å². The number of sulfonamides is 1. The summed E-state index contributed by atoms with van der Waals surface area (Å²) in [5.41, 5.74) is 1.45. The quantitative estimate of drug-likeness (QED) is 0.529. The average Bonchev–Trinajstić information content (AvgIpc) is 2.66. The standard InChI is InChI=1S/C20H20N2O3S/c1-3-25-19-10-12-20(13-11-19)26(23,24)22-21-15(2)17-9-8-16-6-4-5-7-18(16)14-17/h4-14,22H,3H2,1-2H3/b21-15-. The van der Waals surface area contributed by atoms with Crippen LogP contribution in [0.15, 0.2) is 76.7 Å². The minimum absolute atomic E-state index is 0.135. The van der Waals surface area contributed by atoms with Crippen molar-refractivity contribution in [3.8, 4) is 5.75 Å². The Bertz CT molecular complexity index is 1040. The van der Waals surface area contributed by atoms with Gasteiger partial charge in [-0.1, -0.05) is 36.4 Å². The summed E-state index contributed by atoms with van der Waals surface area (Å²) >= 11 is 0. The molecule has 1 N–H and O–H groups in total. The van der Waals surface area contributed by atoms with E-state index in [4.69, 9.17) is 4.74 Å². The van der Waals surface area contributed by atoms with Crippen LogP contribution in [0.2, 0.25) is 0 Å². The Balaban J connectivity index is 1.79. The molecule has 3 aromatic carbocycles. The molecule has 0 aliphatic carbocycles. The summed E-state index contributed by atoms with van der Waals surface area (Å²) in [6, 6.07) is 20.1. The number of nitrogens with one attached hydrogen (secondary N) is 1. The summed E-state index contributed by atoms with van der Waals surface area (Å²) in [6.07, 6.45) is 0. The van der Waals surface area contributed by atoms with E-state index in [1.165, 1.54) is 12.1 Å². The second-order valence-electron chi connectivity index (χ2n) is 5.76. The highest BCUT2D eigenvalue weighted by Crippen LogP contribution is 2.17. The second kappa shape index (κ2) is 7.58. The van der Waals surface area contributed by atoms with E-state index < -0.39 is 10.0 Å². The van der Waals surface area contributed by atoms with E-state index in [-0.39, 0.29) is 4.90 Å². The topological polar surface area (TPSA) is 67.8 Å². The van der Waals surface area contributed by atoms with E-state index in [0.29, 0.717) is 18.1 Å². The van der Waals surface area contributed by atoms with E-state index in [1.807, 2.05) is 49.4 Å². The molecule has 3 aromatic rings. The molecule has 0 fully saturated rings. The molecule has 0 heterocycles. The van der Waals surface area contributed by atoms with Gasteiger partial charge in [0.25, 0.3) is 10.0 Å². The zero-order valence-corrected chi connectivity index (χ0v) is 15.5. The first-order valence-corrected chi connectivity index (χ1v) is 9.76. The minimum atomic E-state index is -3.73. The molecule has 6 heteroatoms. The number of hydrogen-bond donors (Lipinski definition) is 1. The van der Waals surface area contributed by atoms with Gasteiger partial charge in [0.05, 0.1) is 17.2 Å². The van der Waals surface area contributed by atoms with Crippen LogP contribution in [0.3, 0.4) is 0 Å². The number of hydrogen-bond acceptors (Lipinski definition) is 4. The fourth-order valence-corrected chi connectivity index (χ4v) is 3.40. The SMILES string of the molecule is CCOc1ccc(S(=O)(=O)N/N=C(/C)c2ccc3ccccc3c2)cc1. The lowest BCUT2D eigenvalue weighted by Gasteiger charge is -2.07. The van der Waals surface area contributed by atoms with Gasteiger partial charge in [-0.25, -0.2) is 0 Å². The number of benzene rings is 3. The number of fused-ring (bicyclic) bond motifs is 1. The predicted octanol–water partition coefficient (Wildman–Crippen LogP) is 3.94. The van der Waals surface area contributed by atoms with E-state index in [1.54, 1.807) is 19.1 Å². The van der Waals surface area contributed by atoms with Crippen molar-refractivity contribution in [2.24, 2.45) is 5.10 Å². The van der Waals surface area contributed by atoms with E-state index in [9.17, 15) is 8.42 Å². The third-order valence-corrected chi connectivity index (χ3v) is 5.17. The lowest BCUT2D eigenvalue weighted by Crippen LogP contribution is -2.19. The maximum atomic E-state index is 12.4. The van der Waals surface area contributed by atoms with Crippen LogP contribution < -0.4 is 9.57 Å². The molecule has 3 rings (SSSR count). The summed E-state index contributed by atoms with van der Waals surface area (Å²) < 4.78 is 30.1. The van der Waals surface area contributed by atoms with E-state index in [0.717, 1.165) is 16.3 Å². The van der Waals surface area contributed by atoms with E-state index >= 15 is 0 Å². The maximum absolute atomic E-state index is 12.4. The van der Waals surface area contributed by atoms with Gasteiger partial charge in [-0.3, -0.25) is 0 Å². The van der Waals surface area contributed by atoms with Crippen molar-refractivity contribution in [3.63, 3.8) is 0 Å². The lowest BCUT2D eigenvalue weighted by atomic mass is 10.0. The average molecular weight is 368 g/mol. The van der Waals surface area contributed by atoms with Gasteiger partial charge < -0.3 is 4.74 Å². The molecule has 0 atom stereocenters. The third kappa shape index (κ3) is 4.03. The Hall–Kier alpha value is -2.86. The Morgan fingerprint density at radius 2 is 1.69 bits per heavy atom. The number of nitrogens with zero attached hydrogens (tertiary/aromatic N) is 1. The molecule has 0 saturated heterocycles. The number of hydrazone groups is 1. The minimum Gasteiger partial charge on any atom is -0.494 e. The molecule has 5 nitrogen and oxygen atoms in total. The first-order valence-electron chi connectivity index (χ1n) is 8.28. The molecule has 0 amide bonds. The van der Waals surface area contributed by atoms with Gasteiger partial charge in [0, 0.05) is 0 Å². The molecule has 0 spiro atoms. The smallest absolute Gasteiger partial charge is 0.276 e. The van der Waals surface area contributed by atoms with Crippen LogP contribution >= 0.6 is 0 Å². The number of rotatable bonds is 6.